The van der Waals surface area contributed by atoms with Gasteiger partial charge >= 0.3 is 0 Å². The summed E-state index contributed by atoms with van der Waals surface area (Å²) in [5, 5.41) is 14.5. The molecule has 0 heterocycles. The highest BCUT2D eigenvalue weighted by molar-refractivity contribution is 4.74. The quantitative estimate of drug-likeness (QED) is 0.610. The summed E-state index contributed by atoms with van der Waals surface area (Å²) in [4.78, 5) is 19.8. The van der Waals surface area contributed by atoms with E-state index >= 15 is 0 Å². The van der Waals surface area contributed by atoms with E-state index in [9.17, 15) is 9.81 Å². The van der Waals surface area contributed by atoms with Crippen LogP contribution in [-0.4, -0.2) is 23.3 Å². The fraction of sp³-hybridized carbons (Fsp3) is 1.00. The van der Waals surface area contributed by atoms with Crippen LogP contribution in [0.5, 0.6) is 0 Å². The lowest BCUT2D eigenvalue weighted by Crippen LogP contribution is -2.24. The molecule has 1 N–H and O–H groups in total. The summed E-state index contributed by atoms with van der Waals surface area (Å²) in [5.41, 5.74) is 0. The van der Waals surface area contributed by atoms with E-state index in [4.69, 9.17) is 5.11 Å². The molecule has 11 heavy (non-hydrogen) atoms. The molecule has 0 radical (unpaired) electrons. The van der Waals surface area contributed by atoms with Gasteiger partial charge in [-0.2, -0.15) is 9.81 Å². The van der Waals surface area contributed by atoms with Crippen molar-refractivity contribution in [3.63, 3.8) is 0 Å². The van der Waals surface area contributed by atoms with E-state index in [0.29, 0.717) is 0 Å². The molecule has 3 unspecified atom stereocenters. The van der Waals surface area contributed by atoms with Crippen LogP contribution in [0.1, 0.15) is 20.3 Å². The molecule has 0 aromatic carbocycles. The van der Waals surface area contributed by atoms with Crippen LogP contribution in [0.3, 0.4) is 0 Å². The van der Waals surface area contributed by atoms with Gasteiger partial charge in [0, 0.05) is 6.42 Å². The van der Waals surface area contributed by atoms with Crippen LogP contribution in [0.4, 0.5) is 0 Å². The van der Waals surface area contributed by atoms with E-state index in [2.05, 4.69) is 10.4 Å². The van der Waals surface area contributed by atoms with Gasteiger partial charge in [-0.05, 0) is 13.8 Å². The van der Waals surface area contributed by atoms with Crippen LogP contribution in [0, 0.1) is 9.81 Å². The summed E-state index contributed by atoms with van der Waals surface area (Å²) in [6, 6.07) is -1.13. The van der Waals surface area contributed by atoms with Crippen molar-refractivity contribution in [1.29, 1.82) is 0 Å². The molecule has 0 rings (SSSR count). The first-order valence-electron chi connectivity index (χ1n) is 3.44. The van der Waals surface area contributed by atoms with Crippen LogP contribution in [0.2, 0.25) is 0 Å². The highest BCUT2D eigenvalue weighted by Crippen LogP contribution is 2.07. The first-order valence-corrected chi connectivity index (χ1v) is 3.44. The van der Waals surface area contributed by atoms with Crippen molar-refractivity contribution in [1.82, 2.24) is 0 Å². The molecule has 0 fully saturated rings. The fourth-order valence-corrected chi connectivity index (χ4v) is 0.660. The smallest absolute Gasteiger partial charge is 0.115 e. The van der Waals surface area contributed by atoms with Crippen molar-refractivity contribution in [2.24, 2.45) is 10.4 Å². The molecular formula is C6H12N2O3. The minimum atomic E-state index is -0.861. The molecule has 0 saturated heterocycles. The Bertz CT molecular complexity index is 140. The molecule has 64 valence electrons. The third-order valence-corrected chi connectivity index (χ3v) is 1.49. The number of rotatable bonds is 5. The third-order valence-electron chi connectivity index (χ3n) is 1.49. The molecule has 0 aromatic heterocycles. The number of hydrogen-bond donors (Lipinski definition) is 1. The summed E-state index contributed by atoms with van der Waals surface area (Å²) in [6.45, 7) is 3.07. The zero-order chi connectivity index (χ0) is 8.85. The monoisotopic (exact) mass is 160 g/mol. The van der Waals surface area contributed by atoms with Gasteiger partial charge in [-0.25, -0.2) is 0 Å². The van der Waals surface area contributed by atoms with Crippen molar-refractivity contribution in [3.8, 4) is 0 Å². The average molecular weight is 160 g/mol. The predicted molar refractivity (Wildman–Crippen MR) is 41.1 cm³/mol. The van der Waals surface area contributed by atoms with Gasteiger partial charge < -0.3 is 5.11 Å². The van der Waals surface area contributed by atoms with Crippen molar-refractivity contribution in [2.45, 2.75) is 38.5 Å². The molecule has 0 aliphatic carbocycles. The number of aliphatic hydroxyl groups excluding tert-OH is 1. The van der Waals surface area contributed by atoms with Crippen molar-refractivity contribution < 1.29 is 5.11 Å². The Hall–Kier alpha value is -0.840. The number of hydrogen-bond acceptors (Lipinski definition) is 5. The Balaban J connectivity index is 3.75. The molecule has 0 bridgehead atoms. The molecular weight excluding hydrogens is 148 g/mol. The van der Waals surface area contributed by atoms with Gasteiger partial charge in [0.1, 0.15) is 6.04 Å². The lowest BCUT2D eigenvalue weighted by Gasteiger charge is -2.12. The van der Waals surface area contributed by atoms with E-state index in [1.165, 1.54) is 6.92 Å². The lowest BCUT2D eigenvalue weighted by atomic mass is 10.1. The average Bonchev–Trinajstić information content (AvgIpc) is 2.02. The molecule has 0 aliphatic rings. The summed E-state index contributed by atoms with van der Waals surface area (Å²) in [6.07, 6.45) is -0.670. The Kier molecular flexibility index (Phi) is 4.52. The second-order valence-electron chi connectivity index (χ2n) is 2.60. The highest BCUT2D eigenvalue weighted by Gasteiger charge is 2.17. The van der Waals surface area contributed by atoms with E-state index in [-0.39, 0.29) is 6.42 Å². The van der Waals surface area contributed by atoms with Gasteiger partial charge in [0.2, 0.25) is 0 Å². The Morgan fingerprint density at radius 3 is 2.18 bits per heavy atom. The van der Waals surface area contributed by atoms with Crippen LogP contribution in [0.25, 0.3) is 0 Å². The van der Waals surface area contributed by atoms with Crippen LogP contribution < -0.4 is 0 Å². The van der Waals surface area contributed by atoms with Gasteiger partial charge in [-0.15, -0.1) is 0 Å². The van der Waals surface area contributed by atoms with E-state index in [1.807, 2.05) is 0 Å². The van der Waals surface area contributed by atoms with Crippen molar-refractivity contribution in [2.75, 3.05) is 0 Å². The third kappa shape index (κ3) is 3.77. The normalized spacial score (nSPS) is 18.5. The molecule has 0 aliphatic heterocycles. The van der Waals surface area contributed by atoms with Gasteiger partial charge in [-0.3, -0.25) is 0 Å². The van der Waals surface area contributed by atoms with Crippen molar-refractivity contribution in [3.05, 3.63) is 9.81 Å². The molecule has 5 heteroatoms. The van der Waals surface area contributed by atoms with Crippen LogP contribution >= 0.6 is 0 Å². The zero-order valence-electron chi connectivity index (χ0n) is 6.60. The van der Waals surface area contributed by atoms with Gasteiger partial charge in [0.05, 0.1) is 12.1 Å². The van der Waals surface area contributed by atoms with E-state index in [1.54, 1.807) is 6.92 Å². The summed E-state index contributed by atoms with van der Waals surface area (Å²) in [5.74, 6) is 0. The number of nitroso groups, excluding NO2 is 2. The van der Waals surface area contributed by atoms with E-state index < -0.39 is 18.2 Å². The second-order valence-corrected chi connectivity index (χ2v) is 2.60. The number of nitrogens with zero attached hydrogens (tertiary/aromatic N) is 2. The maximum atomic E-state index is 9.90. The Morgan fingerprint density at radius 1 is 1.27 bits per heavy atom. The second kappa shape index (κ2) is 4.90. The van der Waals surface area contributed by atoms with Gasteiger partial charge in [0.15, 0.2) is 0 Å². The largest absolute Gasteiger partial charge is 0.391 e. The lowest BCUT2D eigenvalue weighted by molar-refractivity contribution is 0.135. The minimum Gasteiger partial charge on any atom is -0.391 e. The highest BCUT2D eigenvalue weighted by atomic mass is 16.3. The van der Waals surface area contributed by atoms with Crippen LogP contribution in [0.15, 0.2) is 10.4 Å². The molecule has 0 spiro atoms. The first-order chi connectivity index (χ1) is 5.11. The van der Waals surface area contributed by atoms with Crippen LogP contribution in [-0.2, 0) is 0 Å². The predicted octanol–water partition coefficient (Wildman–Crippen LogP) is 1.05. The maximum absolute atomic E-state index is 9.90. The van der Waals surface area contributed by atoms with Crippen molar-refractivity contribution >= 4 is 0 Å². The summed E-state index contributed by atoms with van der Waals surface area (Å²) >= 11 is 0. The topological polar surface area (TPSA) is 79.1 Å². The minimum absolute atomic E-state index is 0.191. The van der Waals surface area contributed by atoms with E-state index in [0.717, 1.165) is 0 Å². The Morgan fingerprint density at radius 2 is 1.82 bits per heavy atom. The maximum Gasteiger partial charge on any atom is 0.115 e. The summed E-state index contributed by atoms with van der Waals surface area (Å²) in [7, 11) is 0. The summed E-state index contributed by atoms with van der Waals surface area (Å²) < 4.78 is 0. The number of aliphatic hydroxyl groups is 1. The Labute approximate surface area is 64.7 Å². The molecule has 5 nitrogen and oxygen atoms in total. The standard InChI is InChI=1S/C6H12N2O3/c1-4(7-10)3-6(9)5(2)8-11/h4-6,9H,3H2,1-2H3. The zero-order valence-corrected chi connectivity index (χ0v) is 6.60. The molecule has 3 atom stereocenters. The van der Waals surface area contributed by atoms with Gasteiger partial charge in [-0.1, -0.05) is 10.4 Å². The molecule has 0 amide bonds. The molecule has 0 saturated carbocycles. The fourth-order valence-electron chi connectivity index (χ4n) is 0.660. The first kappa shape index (κ1) is 10.2. The molecule has 0 aromatic rings. The SMILES string of the molecule is CC(CC(O)C(C)N=O)N=O. The van der Waals surface area contributed by atoms with Gasteiger partial charge in [0.25, 0.3) is 0 Å².